The van der Waals surface area contributed by atoms with E-state index < -0.39 is 0 Å². The van der Waals surface area contributed by atoms with Gasteiger partial charge in [0.25, 0.3) is 0 Å². The molecule has 2 aliphatic rings. The van der Waals surface area contributed by atoms with Crippen molar-refractivity contribution in [2.45, 2.75) is 24.5 Å². The number of benzene rings is 1. The molecule has 0 radical (unpaired) electrons. The summed E-state index contributed by atoms with van der Waals surface area (Å²) >= 11 is 1.77. The van der Waals surface area contributed by atoms with Gasteiger partial charge in [-0.05, 0) is 36.8 Å². The molecule has 1 aliphatic carbocycles. The summed E-state index contributed by atoms with van der Waals surface area (Å²) in [6.45, 7) is 0.788. The number of methoxy groups -OCH3 is 1. The molecule has 1 N–H and O–H groups in total. The summed E-state index contributed by atoms with van der Waals surface area (Å²) in [4.78, 5) is 14.5. The van der Waals surface area contributed by atoms with Crippen LogP contribution in [0, 0.1) is 0 Å². The highest BCUT2D eigenvalue weighted by atomic mass is 32.2. The number of hydrogen-bond acceptors (Lipinski definition) is 4. The van der Waals surface area contributed by atoms with Gasteiger partial charge < -0.3 is 9.64 Å². The first kappa shape index (κ1) is 13.8. The minimum Gasteiger partial charge on any atom is -0.497 e. The van der Waals surface area contributed by atoms with E-state index in [0.29, 0.717) is 0 Å². The number of carbonyl (C=O) groups excluding carboxylic acids is 1. The second-order valence-corrected chi connectivity index (χ2v) is 6.38. The van der Waals surface area contributed by atoms with Gasteiger partial charge in [-0.1, -0.05) is 12.1 Å². The Morgan fingerprint density at radius 1 is 1.50 bits per heavy atom. The van der Waals surface area contributed by atoms with Crippen LogP contribution in [0.15, 0.2) is 24.3 Å². The molecule has 3 rings (SSSR count). The molecule has 108 valence electrons. The van der Waals surface area contributed by atoms with Crippen molar-refractivity contribution in [1.29, 1.82) is 0 Å². The summed E-state index contributed by atoms with van der Waals surface area (Å²) in [5, 5.41) is 3.53. The van der Waals surface area contributed by atoms with Crippen LogP contribution >= 0.6 is 11.8 Å². The topological polar surface area (TPSA) is 41.6 Å². The van der Waals surface area contributed by atoms with Crippen LogP contribution in [0.25, 0.3) is 0 Å². The van der Waals surface area contributed by atoms with Crippen molar-refractivity contribution < 1.29 is 9.53 Å². The van der Waals surface area contributed by atoms with Crippen LogP contribution in [0.3, 0.4) is 0 Å². The van der Waals surface area contributed by atoms with Gasteiger partial charge in [0.15, 0.2) is 0 Å². The lowest BCUT2D eigenvalue weighted by Crippen LogP contribution is -2.33. The smallest absolute Gasteiger partial charge is 0.244 e. The molecule has 1 spiro atoms. The molecule has 1 heterocycles. The number of amides is 1. The molecular weight excluding hydrogens is 272 g/mol. The van der Waals surface area contributed by atoms with Gasteiger partial charge in [0, 0.05) is 12.3 Å². The van der Waals surface area contributed by atoms with E-state index in [0.717, 1.165) is 36.5 Å². The van der Waals surface area contributed by atoms with Gasteiger partial charge >= 0.3 is 0 Å². The number of carbonyl (C=O) groups is 1. The molecular formula is C15H20N2O2S. The van der Waals surface area contributed by atoms with Crippen molar-refractivity contribution in [2.24, 2.45) is 0 Å². The van der Waals surface area contributed by atoms with Gasteiger partial charge in [0.2, 0.25) is 5.91 Å². The maximum absolute atomic E-state index is 12.6. The average Bonchev–Trinajstić information content (AvgIpc) is 3.21. The second-order valence-electron chi connectivity index (χ2n) is 5.40. The van der Waals surface area contributed by atoms with E-state index in [-0.39, 0.29) is 17.6 Å². The van der Waals surface area contributed by atoms with Crippen LogP contribution in [0.1, 0.15) is 24.6 Å². The third-order valence-corrected chi connectivity index (χ3v) is 4.68. The third-order valence-electron chi connectivity index (χ3n) is 4.09. The quantitative estimate of drug-likeness (QED) is 0.901. The number of hydrogen-bond donors (Lipinski definition) is 1. The van der Waals surface area contributed by atoms with Crippen LogP contribution in [0.5, 0.6) is 5.75 Å². The average molecular weight is 292 g/mol. The van der Waals surface area contributed by atoms with Crippen molar-refractivity contribution in [2.75, 3.05) is 25.7 Å². The largest absolute Gasteiger partial charge is 0.497 e. The van der Waals surface area contributed by atoms with Crippen LogP contribution in [0.2, 0.25) is 0 Å². The molecule has 2 fully saturated rings. The number of nitrogens with zero attached hydrogens (tertiary/aromatic N) is 1. The van der Waals surface area contributed by atoms with Gasteiger partial charge in [-0.25, -0.2) is 0 Å². The van der Waals surface area contributed by atoms with Crippen molar-refractivity contribution in [3.8, 4) is 5.75 Å². The molecule has 20 heavy (non-hydrogen) atoms. The van der Waals surface area contributed by atoms with Gasteiger partial charge in [-0.15, -0.1) is 0 Å². The number of ether oxygens (including phenoxy) is 1. The predicted molar refractivity (Wildman–Crippen MR) is 80.9 cm³/mol. The van der Waals surface area contributed by atoms with Crippen molar-refractivity contribution in [1.82, 2.24) is 10.2 Å². The third kappa shape index (κ3) is 2.29. The Hall–Kier alpha value is -1.20. The van der Waals surface area contributed by atoms with Crippen LogP contribution in [0.4, 0.5) is 0 Å². The molecule has 1 aromatic carbocycles. The molecule has 0 aromatic heterocycles. The highest BCUT2D eigenvalue weighted by molar-refractivity contribution is 7.98. The Bertz CT molecular complexity index is 516. The van der Waals surface area contributed by atoms with Crippen LogP contribution in [-0.2, 0) is 4.79 Å². The molecule has 1 saturated heterocycles. The number of thioether (sulfide) groups is 1. The fraction of sp³-hybridized carbons (Fsp3) is 0.533. The molecule has 1 unspecified atom stereocenters. The fourth-order valence-corrected chi connectivity index (χ4v) is 3.15. The second kappa shape index (κ2) is 5.30. The standard InChI is InChI=1S/C15H20N2O2S/c1-19-12-5-3-4-11(10-12)13-16-15(6-7-15)14(18)17(13)8-9-20-2/h3-5,10,13,16H,6-9H2,1-2H3. The zero-order chi connectivity index (χ0) is 14.2. The SMILES string of the molecule is COc1cccc(C2NC3(CC3)C(=O)N2CCSC)c1. The zero-order valence-corrected chi connectivity index (χ0v) is 12.7. The first-order valence-corrected chi connectivity index (χ1v) is 8.31. The molecule has 1 aliphatic heterocycles. The first-order chi connectivity index (χ1) is 9.70. The van der Waals surface area contributed by atoms with Gasteiger partial charge in [0.1, 0.15) is 17.5 Å². The van der Waals surface area contributed by atoms with Crippen molar-refractivity contribution >= 4 is 17.7 Å². The Kier molecular flexibility index (Phi) is 3.65. The van der Waals surface area contributed by atoms with Crippen molar-refractivity contribution in [3.05, 3.63) is 29.8 Å². The van der Waals surface area contributed by atoms with E-state index >= 15 is 0 Å². The molecule has 1 saturated carbocycles. The first-order valence-electron chi connectivity index (χ1n) is 6.92. The minimum absolute atomic E-state index is 0.0211. The Balaban J connectivity index is 1.87. The normalized spacial score (nSPS) is 23.4. The molecule has 1 aromatic rings. The van der Waals surface area contributed by atoms with Crippen LogP contribution in [-0.4, -0.2) is 42.0 Å². The van der Waals surface area contributed by atoms with Crippen molar-refractivity contribution in [3.63, 3.8) is 0 Å². The van der Waals surface area contributed by atoms with Gasteiger partial charge in [0.05, 0.1) is 7.11 Å². The summed E-state index contributed by atoms with van der Waals surface area (Å²) < 4.78 is 5.29. The molecule has 1 amide bonds. The highest BCUT2D eigenvalue weighted by Gasteiger charge is 2.59. The maximum Gasteiger partial charge on any atom is 0.244 e. The van der Waals surface area contributed by atoms with E-state index in [1.54, 1.807) is 18.9 Å². The summed E-state index contributed by atoms with van der Waals surface area (Å²) in [6, 6.07) is 7.98. The van der Waals surface area contributed by atoms with E-state index in [1.807, 2.05) is 23.1 Å². The fourth-order valence-electron chi connectivity index (χ4n) is 2.77. The molecule has 5 heteroatoms. The van der Waals surface area contributed by atoms with E-state index in [2.05, 4.69) is 17.6 Å². The van der Waals surface area contributed by atoms with E-state index in [9.17, 15) is 4.79 Å². The molecule has 4 nitrogen and oxygen atoms in total. The summed E-state index contributed by atoms with van der Waals surface area (Å²) in [5.41, 5.74) is 0.828. The zero-order valence-electron chi connectivity index (χ0n) is 11.9. The Labute approximate surface area is 123 Å². The maximum atomic E-state index is 12.6. The van der Waals surface area contributed by atoms with Gasteiger partial charge in [-0.3, -0.25) is 10.1 Å². The number of rotatable bonds is 5. The predicted octanol–water partition coefficient (Wildman–Crippen LogP) is 2.02. The van der Waals surface area contributed by atoms with Crippen LogP contribution < -0.4 is 10.1 Å². The Morgan fingerprint density at radius 2 is 2.30 bits per heavy atom. The molecule has 0 bridgehead atoms. The number of nitrogens with one attached hydrogen (secondary N) is 1. The lowest BCUT2D eigenvalue weighted by atomic mass is 10.1. The van der Waals surface area contributed by atoms with Gasteiger partial charge in [-0.2, -0.15) is 11.8 Å². The summed E-state index contributed by atoms with van der Waals surface area (Å²) in [5.74, 6) is 2.06. The Morgan fingerprint density at radius 3 is 2.95 bits per heavy atom. The molecule has 1 atom stereocenters. The minimum atomic E-state index is -0.272. The monoisotopic (exact) mass is 292 g/mol. The highest BCUT2D eigenvalue weighted by Crippen LogP contribution is 2.46. The van der Waals surface area contributed by atoms with E-state index in [1.165, 1.54) is 0 Å². The summed E-state index contributed by atoms with van der Waals surface area (Å²) in [6.07, 6.45) is 3.97. The lowest BCUT2D eigenvalue weighted by Gasteiger charge is -2.24. The lowest BCUT2D eigenvalue weighted by molar-refractivity contribution is -0.130. The summed E-state index contributed by atoms with van der Waals surface area (Å²) in [7, 11) is 1.67. The van der Waals surface area contributed by atoms with E-state index in [4.69, 9.17) is 4.74 Å².